The van der Waals surface area contributed by atoms with Gasteiger partial charge in [0, 0.05) is 24.2 Å². The van der Waals surface area contributed by atoms with E-state index in [-0.39, 0.29) is 0 Å². The molecule has 2 nitrogen and oxygen atoms in total. The summed E-state index contributed by atoms with van der Waals surface area (Å²) in [6, 6.07) is 14.9. The van der Waals surface area contributed by atoms with Gasteiger partial charge in [0.2, 0.25) is 0 Å². The highest BCUT2D eigenvalue weighted by atomic mass is 35.5. The van der Waals surface area contributed by atoms with Gasteiger partial charge in [-0.05, 0) is 55.3 Å². The molecule has 1 atom stereocenters. The van der Waals surface area contributed by atoms with E-state index in [1.54, 1.807) is 0 Å². The lowest BCUT2D eigenvalue weighted by molar-refractivity contribution is 0.252. The van der Waals surface area contributed by atoms with Gasteiger partial charge in [0.25, 0.3) is 0 Å². The van der Waals surface area contributed by atoms with Gasteiger partial charge in [-0.15, -0.1) is 0 Å². The Labute approximate surface area is 132 Å². The third-order valence-corrected chi connectivity index (χ3v) is 4.33. The average molecular weight is 303 g/mol. The van der Waals surface area contributed by atoms with Crippen molar-refractivity contribution in [2.45, 2.75) is 33.0 Å². The Morgan fingerprint density at radius 2 is 1.81 bits per heavy atom. The monoisotopic (exact) mass is 302 g/mol. The first kappa shape index (κ1) is 16.0. The van der Waals surface area contributed by atoms with Crippen molar-refractivity contribution in [3.05, 3.63) is 69.7 Å². The van der Waals surface area contributed by atoms with Gasteiger partial charge in [0.1, 0.15) is 0 Å². The van der Waals surface area contributed by atoms with Crippen LogP contribution in [0.3, 0.4) is 0 Å². The van der Waals surface area contributed by atoms with Crippen LogP contribution >= 0.6 is 11.6 Å². The molecule has 0 amide bonds. The van der Waals surface area contributed by atoms with E-state index in [4.69, 9.17) is 17.3 Å². The van der Waals surface area contributed by atoms with Crippen molar-refractivity contribution in [3.8, 4) is 0 Å². The summed E-state index contributed by atoms with van der Waals surface area (Å²) < 4.78 is 0. The molecule has 0 fully saturated rings. The van der Waals surface area contributed by atoms with Gasteiger partial charge in [0.05, 0.1) is 0 Å². The van der Waals surface area contributed by atoms with Crippen LogP contribution in [0, 0.1) is 6.92 Å². The van der Waals surface area contributed by atoms with Crippen LogP contribution in [0.5, 0.6) is 0 Å². The molecule has 0 saturated carbocycles. The molecule has 0 aliphatic rings. The summed E-state index contributed by atoms with van der Waals surface area (Å²) in [5.41, 5.74) is 10.8. The van der Waals surface area contributed by atoms with Crippen LogP contribution in [0.2, 0.25) is 5.02 Å². The maximum absolute atomic E-state index is 5.95. The van der Waals surface area contributed by atoms with Gasteiger partial charge in [-0.3, -0.25) is 4.90 Å². The third kappa shape index (κ3) is 4.07. The second kappa shape index (κ2) is 7.08. The van der Waals surface area contributed by atoms with E-state index in [0.29, 0.717) is 12.6 Å². The highest BCUT2D eigenvalue weighted by molar-refractivity contribution is 6.30. The van der Waals surface area contributed by atoms with Crippen LogP contribution in [0.1, 0.15) is 35.2 Å². The van der Waals surface area contributed by atoms with Crippen molar-refractivity contribution in [1.29, 1.82) is 0 Å². The average Bonchev–Trinajstić information content (AvgIpc) is 2.49. The fourth-order valence-electron chi connectivity index (χ4n) is 2.46. The summed E-state index contributed by atoms with van der Waals surface area (Å²) in [5.74, 6) is 0. The SMILES string of the molecule is Cc1cc(CN)ccc1CN(C)C(C)c1ccc(Cl)cc1. The largest absolute Gasteiger partial charge is 0.326 e. The molecule has 21 heavy (non-hydrogen) atoms. The zero-order valence-electron chi connectivity index (χ0n) is 12.9. The number of halogens is 1. The topological polar surface area (TPSA) is 29.3 Å². The van der Waals surface area contributed by atoms with Crippen LogP contribution in [0.15, 0.2) is 42.5 Å². The van der Waals surface area contributed by atoms with E-state index in [1.165, 1.54) is 22.3 Å². The minimum Gasteiger partial charge on any atom is -0.326 e. The van der Waals surface area contributed by atoms with Crippen LogP contribution < -0.4 is 5.73 Å². The zero-order chi connectivity index (χ0) is 15.4. The Bertz CT molecular complexity index is 593. The van der Waals surface area contributed by atoms with E-state index in [9.17, 15) is 0 Å². The summed E-state index contributed by atoms with van der Waals surface area (Å²) >= 11 is 5.95. The van der Waals surface area contributed by atoms with Gasteiger partial charge in [0.15, 0.2) is 0 Å². The molecule has 0 bridgehead atoms. The molecule has 1 unspecified atom stereocenters. The fraction of sp³-hybridized carbons (Fsp3) is 0.333. The maximum atomic E-state index is 5.95. The quantitative estimate of drug-likeness (QED) is 0.892. The molecule has 0 heterocycles. The lowest BCUT2D eigenvalue weighted by Gasteiger charge is -2.26. The van der Waals surface area contributed by atoms with Crippen LogP contribution in [-0.4, -0.2) is 11.9 Å². The number of benzene rings is 2. The highest BCUT2D eigenvalue weighted by Crippen LogP contribution is 2.23. The lowest BCUT2D eigenvalue weighted by Crippen LogP contribution is -2.22. The second-order valence-corrected chi connectivity index (χ2v) is 6.04. The minimum absolute atomic E-state index is 0.343. The van der Waals surface area contributed by atoms with Crippen molar-refractivity contribution < 1.29 is 0 Å². The third-order valence-electron chi connectivity index (χ3n) is 4.08. The summed E-state index contributed by atoms with van der Waals surface area (Å²) in [6.45, 7) is 5.88. The van der Waals surface area contributed by atoms with Crippen LogP contribution in [0.4, 0.5) is 0 Å². The van der Waals surface area contributed by atoms with Gasteiger partial charge < -0.3 is 5.73 Å². The van der Waals surface area contributed by atoms with E-state index in [2.05, 4.69) is 56.1 Å². The van der Waals surface area contributed by atoms with Crippen molar-refractivity contribution in [1.82, 2.24) is 4.90 Å². The molecule has 0 spiro atoms. The van der Waals surface area contributed by atoms with E-state index >= 15 is 0 Å². The summed E-state index contributed by atoms with van der Waals surface area (Å²) in [4.78, 5) is 2.34. The molecule has 0 aliphatic carbocycles. The van der Waals surface area contributed by atoms with Crippen molar-refractivity contribution in [2.24, 2.45) is 5.73 Å². The predicted molar refractivity (Wildman–Crippen MR) is 90.4 cm³/mol. The first-order valence-electron chi connectivity index (χ1n) is 7.25. The molecule has 112 valence electrons. The number of hydrogen-bond acceptors (Lipinski definition) is 2. The summed E-state index contributed by atoms with van der Waals surface area (Å²) in [5, 5.41) is 0.779. The van der Waals surface area contributed by atoms with Gasteiger partial charge in [-0.1, -0.05) is 41.9 Å². The first-order chi connectivity index (χ1) is 10.0. The van der Waals surface area contributed by atoms with Gasteiger partial charge in [-0.25, -0.2) is 0 Å². The predicted octanol–water partition coefficient (Wildman–Crippen LogP) is 4.30. The Balaban J connectivity index is 2.10. The molecular formula is C18H23ClN2. The Morgan fingerprint density at radius 3 is 2.38 bits per heavy atom. The van der Waals surface area contributed by atoms with E-state index < -0.39 is 0 Å². The first-order valence-corrected chi connectivity index (χ1v) is 7.63. The highest BCUT2D eigenvalue weighted by Gasteiger charge is 2.13. The normalized spacial score (nSPS) is 12.7. The van der Waals surface area contributed by atoms with Crippen molar-refractivity contribution in [2.75, 3.05) is 7.05 Å². The van der Waals surface area contributed by atoms with Crippen molar-refractivity contribution >= 4 is 11.6 Å². The van der Waals surface area contributed by atoms with E-state index in [1.807, 2.05) is 12.1 Å². The molecule has 2 aromatic rings. The van der Waals surface area contributed by atoms with E-state index in [0.717, 1.165) is 11.6 Å². The Morgan fingerprint density at radius 1 is 1.14 bits per heavy atom. The Hall–Kier alpha value is -1.35. The van der Waals surface area contributed by atoms with Gasteiger partial charge >= 0.3 is 0 Å². The van der Waals surface area contributed by atoms with Crippen LogP contribution in [-0.2, 0) is 13.1 Å². The molecule has 2 rings (SSSR count). The number of rotatable bonds is 5. The summed E-state index contributed by atoms with van der Waals surface area (Å²) in [7, 11) is 2.15. The smallest absolute Gasteiger partial charge is 0.0406 e. The lowest BCUT2D eigenvalue weighted by atomic mass is 10.0. The zero-order valence-corrected chi connectivity index (χ0v) is 13.7. The van der Waals surface area contributed by atoms with Gasteiger partial charge in [-0.2, -0.15) is 0 Å². The minimum atomic E-state index is 0.343. The molecule has 3 heteroatoms. The number of nitrogens with zero attached hydrogens (tertiary/aromatic N) is 1. The summed E-state index contributed by atoms with van der Waals surface area (Å²) in [6.07, 6.45) is 0. The number of aryl methyl sites for hydroxylation is 1. The van der Waals surface area contributed by atoms with Crippen molar-refractivity contribution in [3.63, 3.8) is 0 Å². The fourth-order valence-corrected chi connectivity index (χ4v) is 2.59. The van der Waals surface area contributed by atoms with Crippen LogP contribution in [0.25, 0.3) is 0 Å². The second-order valence-electron chi connectivity index (χ2n) is 5.61. The standard InChI is InChI=1S/C18H23ClN2/c1-13-10-15(11-20)4-5-17(13)12-21(3)14(2)16-6-8-18(19)9-7-16/h4-10,14H,11-12,20H2,1-3H3. The number of hydrogen-bond donors (Lipinski definition) is 1. The molecule has 0 aromatic heterocycles. The maximum Gasteiger partial charge on any atom is 0.0406 e. The Kier molecular flexibility index (Phi) is 5.40. The molecule has 0 saturated heterocycles. The molecule has 0 radical (unpaired) electrons. The molecule has 2 N–H and O–H groups in total. The molecule has 2 aromatic carbocycles. The molecular weight excluding hydrogens is 280 g/mol. The molecule has 0 aliphatic heterocycles. The number of nitrogens with two attached hydrogens (primary N) is 1.